The normalized spacial score (nSPS) is 35.6. The summed E-state index contributed by atoms with van der Waals surface area (Å²) in [6.45, 7) is 10.0. The molecular weight excluding hydrogens is 172 g/mol. The molecule has 0 radical (unpaired) electrons. The fourth-order valence-electron chi connectivity index (χ4n) is 2.95. The summed E-state index contributed by atoms with van der Waals surface area (Å²) in [5, 5.41) is 0. The van der Waals surface area contributed by atoms with Crippen molar-refractivity contribution in [2.45, 2.75) is 51.6 Å². The summed E-state index contributed by atoms with van der Waals surface area (Å²) < 4.78 is 0. The molecule has 0 saturated carbocycles. The first-order valence-corrected chi connectivity index (χ1v) is 6.25. The van der Waals surface area contributed by atoms with Crippen LogP contribution in [0.25, 0.3) is 0 Å². The highest BCUT2D eigenvalue weighted by Gasteiger charge is 2.27. The molecule has 2 heterocycles. The Bertz CT molecular complexity index is 165. The van der Waals surface area contributed by atoms with Gasteiger partial charge in [-0.3, -0.25) is 4.90 Å². The highest BCUT2D eigenvalue weighted by Crippen LogP contribution is 2.23. The van der Waals surface area contributed by atoms with Crippen LogP contribution in [0.1, 0.15) is 39.5 Å². The molecule has 14 heavy (non-hydrogen) atoms. The lowest BCUT2D eigenvalue weighted by atomic mass is 10.2. The molecule has 0 aromatic rings. The zero-order valence-electron chi connectivity index (χ0n) is 9.71. The van der Waals surface area contributed by atoms with Crippen LogP contribution < -0.4 is 0 Å². The second-order valence-electron chi connectivity index (χ2n) is 5.06. The molecule has 82 valence electrons. The van der Waals surface area contributed by atoms with E-state index in [9.17, 15) is 0 Å². The molecular formula is C12H24N2. The second-order valence-corrected chi connectivity index (χ2v) is 5.06. The summed E-state index contributed by atoms with van der Waals surface area (Å²) in [6.07, 6.45) is 5.65. The highest BCUT2D eigenvalue weighted by molar-refractivity contribution is 4.83. The van der Waals surface area contributed by atoms with Crippen molar-refractivity contribution in [3.8, 4) is 0 Å². The summed E-state index contributed by atoms with van der Waals surface area (Å²) >= 11 is 0. The van der Waals surface area contributed by atoms with E-state index >= 15 is 0 Å². The lowest BCUT2D eigenvalue weighted by Crippen LogP contribution is -2.39. The average Bonchev–Trinajstić information content (AvgIpc) is 2.76. The topological polar surface area (TPSA) is 6.48 Å². The van der Waals surface area contributed by atoms with Crippen LogP contribution in [-0.4, -0.2) is 48.1 Å². The zero-order chi connectivity index (χ0) is 9.97. The molecule has 2 aliphatic heterocycles. The monoisotopic (exact) mass is 196 g/mol. The minimum absolute atomic E-state index is 0.826. The Balaban J connectivity index is 1.73. The van der Waals surface area contributed by atoms with E-state index in [0.29, 0.717) is 0 Å². The van der Waals surface area contributed by atoms with Crippen molar-refractivity contribution in [3.05, 3.63) is 0 Å². The Kier molecular flexibility index (Phi) is 3.45. The third-order valence-electron chi connectivity index (χ3n) is 4.01. The Morgan fingerprint density at radius 1 is 0.929 bits per heavy atom. The number of nitrogens with zero attached hydrogens (tertiary/aromatic N) is 2. The van der Waals surface area contributed by atoms with Crippen molar-refractivity contribution in [1.29, 1.82) is 0 Å². The molecule has 2 fully saturated rings. The molecule has 2 heteroatoms. The first-order chi connectivity index (χ1) is 6.77. The van der Waals surface area contributed by atoms with Crippen LogP contribution in [0.4, 0.5) is 0 Å². The number of likely N-dealkylation sites (tertiary alicyclic amines) is 2. The van der Waals surface area contributed by atoms with Crippen molar-refractivity contribution >= 4 is 0 Å². The molecule has 0 N–H and O–H groups in total. The average molecular weight is 196 g/mol. The Morgan fingerprint density at radius 2 is 1.50 bits per heavy atom. The molecule has 2 nitrogen and oxygen atoms in total. The molecule has 2 rings (SSSR count). The van der Waals surface area contributed by atoms with Gasteiger partial charge in [0.1, 0.15) is 0 Å². The fourth-order valence-corrected chi connectivity index (χ4v) is 2.95. The third-order valence-corrected chi connectivity index (χ3v) is 4.01. The van der Waals surface area contributed by atoms with Crippen LogP contribution in [0.15, 0.2) is 0 Å². The maximum atomic E-state index is 2.69. The van der Waals surface area contributed by atoms with Gasteiger partial charge in [-0.1, -0.05) is 0 Å². The molecule has 0 unspecified atom stereocenters. The number of rotatable bonds is 3. The van der Waals surface area contributed by atoms with Crippen molar-refractivity contribution < 1.29 is 0 Å². The first kappa shape index (κ1) is 10.4. The predicted molar refractivity (Wildman–Crippen MR) is 60.5 cm³/mol. The summed E-state index contributed by atoms with van der Waals surface area (Å²) in [5.74, 6) is 0. The van der Waals surface area contributed by atoms with Crippen LogP contribution in [0.5, 0.6) is 0 Å². The maximum Gasteiger partial charge on any atom is 0.0115 e. The van der Waals surface area contributed by atoms with E-state index < -0.39 is 0 Å². The van der Waals surface area contributed by atoms with Crippen LogP contribution in [0.2, 0.25) is 0 Å². The van der Waals surface area contributed by atoms with E-state index in [0.717, 1.165) is 12.1 Å². The molecule has 2 aliphatic rings. The van der Waals surface area contributed by atoms with Gasteiger partial charge in [0.15, 0.2) is 0 Å². The Morgan fingerprint density at radius 3 is 2.07 bits per heavy atom. The molecule has 0 aliphatic carbocycles. The summed E-state index contributed by atoms with van der Waals surface area (Å²) in [4.78, 5) is 5.32. The van der Waals surface area contributed by atoms with E-state index in [1.54, 1.807) is 0 Å². The van der Waals surface area contributed by atoms with Crippen molar-refractivity contribution in [2.75, 3.05) is 26.2 Å². The number of hydrogen-bond acceptors (Lipinski definition) is 2. The quantitative estimate of drug-likeness (QED) is 0.681. The van der Waals surface area contributed by atoms with Gasteiger partial charge < -0.3 is 4.90 Å². The predicted octanol–water partition coefficient (Wildman–Crippen LogP) is 1.96. The van der Waals surface area contributed by atoms with Gasteiger partial charge in [0.2, 0.25) is 0 Å². The van der Waals surface area contributed by atoms with E-state index in [1.807, 2.05) is 0 Å². The van der Waals surface area contributed by atoms with Gasteiger partial charge in [0.25, 0.3) is 0 Å². The van der Waals surface area contributed by atoms with Crippen molar-refractivity contribution in [3.63, 3.8) is 0 Å². The van der Waals surface area contributed by atoms with Crippen molar-refractivity contribution in [2.24, 2.45) is 0 Å². The number of hydrogen-bond donors (Lipinski definition) is 0. The van der Waals surface area contributed by atoms with Crippen LogP contribution in [0, 0.1) is 0 Å². The fraction of sp³-hybridized carbons (Fsp3) is 1.00. The van der Waals surface area contributed by atoms with Gasteiger partial charge in [-0.05, 0) is 52.6 Å². The van der Waals surface area contributed by atoms with Gasteiger partial charge in [0.05, 0.1) is 0 Å². The Hall–Kier alpha value is -0.0800. The highest BCUT2D eigenvalue weighted by atomic mass is 15.2. The largest absolute Gasteiger partial charge is 0.302 e. The van der Waals surface area contributed by atoms with Crippen LogP contribution >= 0.6 is 0 Å². The lowest BCUT2D eigenvalue weighted by molar-refractivity contribution is 0.182. The molecule has 0 spiro atoms. The van der Waals surface area contributed by atoms with E-state index in [1.165, 1.54) is 51.9 Å². The lowest BCUT2D eigenvalue weighted by Gasteiger charge is -2.28. The first-order valence-electron chi connectivity index (χ1n) is 6.25. The molecule has 2 atom stereocenters. The van der Waals surface area contributed by atoms with Gasteiger partial charge in [-0.2, -0.15) is 0 Å². The standard InChI is InChI=1S/C12H24N2/c1-11-5-6-12(2)14(11)10-9-13-7-3-4-8-13/h11-12H,3-10H2,1-2H3/t11-,12-/m1/s1. The Labute approximate surface area is 88.3 Å². The van der Waals surface area contributed by atoms with E-state index in [-0.39, 0.29) is 0 Å². The smallest absolute Gasteiger partial charge is 0.0115 e. The molecule has 0 aromatic carbocycles. The van der Waals surface area contributed by atoms with E-state index in [2.05, 4.69) is 23.6 Å². The minimum Gasteiger partial charge on any atom is -0.302 e. The maximum absolute atomic E-state index is 2.69. The second kappa shape index (κ2) is 4.63. The summed E-state index contributed by atoms with van der Waals surface area (Å²) in [5.41, 5.74) is 0. The van der Waals surface area contributed by atoms with Crippen LogP contribution in [0.3, 0.4) is 0 Å². The van der Waals surface area contributed by atoms with Gasteiger partial charge in [0, 0.05) is 25.2 Å². The van der Waals surface area contributed by atoms with Crippen LogP contribution in [-0.2, 0) is 0 Å². The van der Waals surface area contributed by atoms with Gasteiger partial charge in [-0.25, -0.2) is 0 Å². The summed E-state index contributed by atoms with van der Waals surface area (Å²) in [7, 11) is 0. The third kappa shape index (κ3) is 2.29. The SMILES string of the molecule is C[C@@H]1CC[C@@H](C)N1CCN1CCCC1. The minimum atomic E-state index is 0.826. The van der Waals surface area contributed by atoms with Crippen molar-refractivity contribution in [1.82, 2.24) is 9.80 Å². The zero-order valence-corrected chi connectivity index (χ0v) is 9.71. The molecule has 0 amide bonds. The summed E-state index contributed by atoms with van der Waals surface area (Å²) in [6, 6.07) is 1.65. The van der Waals surface area contributed by atoms with Gasteiger partial charge in [-0.15, -0.1) is 0 Å². The van der Waals surface area contributed by atoms with Gasteiger partial charge >= 0.3 is 0 Å². The molecule has 0 aromatic heterocycles. The van der Waals surface area contributed by atoms with E-state index in [4.69, 9.17) is 0 Å². The molecule has 2 saturated heterocycles. The molecule has 0 bridgehead atoms.